The standard InChI is InChI=1S/C21H32O5/c1-19(2,3)25-17(22)13-14-21(7,8)15-9-11-16(12-10-15)24-18(23)26-20(4,5)6/h9-12H,13-14H2,1-8H3. The van der Waals surface area contributed by atoms with Crippen molar-refractivity contribution in [1.82, 2.24) is 0 Å². The van der Waals surface area contributed by atoms with Gasteiger partial charge in [0.2, 0.25) is 0 Å². The lowest BCUT2D eigenvalue weighted by molar-refractivity contribution is -0.155. The van der Waals surface area contributed by atoms with Crippen molar-refractivity contribution in [2.75, 3.05) is 0 Å². The summed E-state index contributed by atoms with van der Waals surface area (Å²) < 4.78 is 15.7. The van der Waals surface area contributed by atoms with Crippen LogP contribution in [0.5, 0.6) is 5.75 Å². The van der Waals surface area contributed by atoms with E-state index >= 15 is 0 Å². The smallest absolute Gasteiger partial charge is 0.460 e. The van der Waals surface area contributed by atoms with Gasteiger partial charge in [0, 0.05) is 6.42 Å². The van der Waals surface area contributed by atoms with Gasteiger partial charge in [-0.15, -0.1) is 0 Å². The summed E-state index contributed by atoms with van der Waals surface area (Å²) in [5.74, 6) is 0.224. The Morgan fingerprint density at radius 1 is 0.808 bits per heavy atom. The predicted molar refractivity (Wildman–Crippen MR) is 101 cm³/mol. The van der Waals surface area contributed by atoms with Crippen molar-refractivity contribution in [2.45, 2.75) is 84.8 Å². The van der Waals surface area contributed by atoms with Crippen molar-refractivity contribution >= 4 is 12.1 Å². The molecule has 0 N–H and O–H groups in total. The molecule has 1 rings (SSSR count). The zero-order valence-electron chi connectivity index (χ0n) is 17.3. The van der Waals surface area contributed by atoms with Gasteiger partial charge in [0.05, 0.1) is 0 Å². The van der Waals surface area contributed by atoms with E-state index in [-0.39, 0.29) is 11.4 Å². The van der Waals surface area contributed by atoms with Crippen LogP contribution in [0.25, 0.3) is 0 Å². The first-order valence-electron chi connectivity index (χ1n) is 8.91. The molecule has 26 heavy (non-hydrogen) atoms. The Balaban J connectivity index is 2.65. The molecule has 0 fully saturated rings. The number of hydrogen-bond acceptors (Lipinski definition) is 5. The van der Waals surface area contributed by atoms with Crippen LogP contribution >= 0.6 is 0 Å². The Labute approximate surface area is 157 Å². The fourth-order valence-corrected chi connectivity index (χ4v) is 2.29. The Kier molecular flexibility index (Phi) is 6.86. The molecule has 0 saturated heterocycles. The summed E-state index contributed by atoms with van der Waals surface area (Å²) in [6, 6.07) is 7.26. The molecular weight excluding hydrogens is 332 g/mol. The van der Waals surface area contributed by atoms with Gasteiger partial charge < -0.3 is 14.2 Å². The fourth-order valence-electron chi connectivity index (χ4n) is 2.29. The topological polar surface area (TPSA) is 61.8 Å². The van der Waals surface area contributed by atoms with Gasteiger partial charge in [-0.3, -0.25) is 4.79 Å². The summed E-state index contributed by atoms with van der Waals surface area (Å²) >= 11 is 0. The van der Waals surface area contributed by atoms with Crippen LogP contribution in [-0.2, 0) is 19.7 Å². The van der Waals surface area contributed by atoms with Crippen LogP contribution in [0.15, 0.2) is 24.3 Å². The molecule has 0 atom stereocenters. The minimum absolute atomic E-state index is 0.199. The quantitative estimate of drug-likeness (QED) is 0.517. The zero-order valence-corrected chi connectivity index (χ0v) is 17.3. The van der Waals surface area contributed by atoms with E-state index in [1.807, 2.05) is 32.9 Å². The maximum absolute atomic E-state index is 11.9. The molecule has 0 aliphatic rings. The number of hydrogen-bond donors (Lipinski definition) is 0. The summed E-state index contributed by atoms with van der Waals surface area (Å²) in [5, 5.41) is 0. The lowest BCUT2D eigenvalue weighted by Crippen LogP contribution is -2.26. The average molecular weight is 364 g/mol. The molecule has 5 heteroatoms. The molecule has 5 nitrogen and oxygen atoms in total. The summed E-state index contributed by atoms with van der Waals surface area (Å²) in [5.41, 5.74) is -0.221. The average Bonchev–Trinajstić information content (AvgIpc) is 2.42. The molecule has 1 aromatic carbocycles. The fraction of sp³-hybridized carbons (Fsp3) is 0.619. The lowest BCUT2D eigenvalue weighted by Gasteiger charge is -2.26. The minimum atomic E-state index is -0.727. The molecule has 1 aromatic rings. The molecule has 0 bridgehead atoms. The first-order valence-corrected chi connectivity index (χ1v) is 8.91. The second-order valence-electron chi connectivity index (χ2n) is 9.06. The molecule has 146 valence electrons. The molecule has 0 aliphatic carbocycles. The van der Waals surface area contributed by atoms with E-state index in [0.717, 1.165) is 5.56 Å². The van der Waals surface area contributed by atoms with E-state index in [4.69, 9.17) is 14.2 Å². The van der Waals surface area contributed by atoms with Gasteiger partial charge in [0.1, 0.15) is 17.0 Å². The summed E-state index contributed by atoms with van der Waals surface area (Å²) in [6.07, 6.45) is 0.281. The molecule has 0 saturated carbocycles. The van der Waals surface area contributed by atoms with Gasteiger partial charge in [-0.05, 0) is 71.1 Å². The molecule has 0 unspecified atom stereocenters. The highest BCUT2D eigenvalue weighted by atomic mass is 16.7. The van der Waals surface area contributed by atoms with E-state index in [2.05, 4.69) is 13.8 Å². The minimum Gasteiger partial charge on any atom is -0.460 e. The molecule has 0 amide bonds. The first kappa shape index (κ1) is 22.0. The van der Waals surface area contributed by atoms with Crippen LogP contribution < -0.4 is 4.74 Å². The van der Waals surface area contributed by atoms with Crippen LogP contribution in [0.4, 0.5) is 4.79 Å². The Morgan fingerprint density at radius 2 is 1.31 bits per heavy atom. The Morgan fingerprint density at radius 3 is 1.77 bits per heavy atom. The van der Waals surface area contributed by atoms with Gasteiger partial charge in [-0.1, -0.05) is 26.0 Å². The van der Waals surface area contributed by atoms with E-state index in [1.54, 1.807) is 32.9 Å². The van der Waals surface area contributed by atoms with Gasteiger partial charge in [-0.25, -0.2) is 4.79 Å². The second-order valence-corrected chi connectivity index (χ2v) is 9.06. The summed E-state index contributed by atoms with van der Waals surface area (Å²) in [4.78, 5) is 23.6. The third-order valence-corrected chi connectivity index (χ3v) is 3.60. The largest absolute Gasteiger partial charge is 0.514 e. The van der Waals surface area contributed by atoms with Crippen LogP contribution in [0.3, 0.4) is 0 Å². The van der Waals surface area contributed by atoms with Gasteiger partial charge in [-0.2, -0.15) is 0 Å². The third kappa shape index (κ3) is 8.37. The second kappa shape index (κ2) is 8.11. The Bertz CT molecular complexity index is 615. The van der Waals surface area contributed by atoms with Crippen LogP contribution in [0, 0.1) is 0 Å². The number of carbonyl (C=O) groups excluding carboxylic acids is 2. The van der Waals surface area contributed by atoms with Crippen molar-refractivity contribution in [1.29, 1.82) is 0 Å². The van der Waals surface area contributed by atoms with E-state index in [9.17, 15) is 9.59 Å². The van der Waals surface area contributed by atoms with Crippen molar-refractivity contribution in [3.63, 3.8) is 0 Å². The van der Waals surface area contributed by atoms with E-state index in [0.29, 0.717) is 18.6 Å². The highest BCUT2D eigenvalue weighted by Gasteiger charge is 2.24. The Hall–Kier alpha value is -2.04. The van der Waals surface area contributed by atoms with Gasteiger partial charge in [0.25, 0.3) is 0 Å². The maximum Gasteiger partial charge on any atom is 0.514 e. The highest BCUT2D eigenvalue weighted by molar-refractivity contribution is 5.70. The zero-order chi connectivity index (χ0) is 20.2. The van der Waals surface area contributed by atoms with Crippen LogP contribution in [0.1, 0.15) is 73.8 Å². The van der Waals surface area contributed by atoms with Crippen LogP contribution in [0.2, 0.25) is 0 Å². The first-order chi connectivity index (χ1) is 11.7. The van der Waals surface area contributed by atoms with Crippen molar-refractivity contribution in [3.05, 3.63) is 29.8 Å². The predicted octanol–water partition coefficient (Wildman–Crippen LogP) is 5.40. The number of benzene rings is 1. The monoisotopic (exact) mass is 364 g/mol. The van der Waals surface area contributed by atoms with Gasteiger partial charge in [0.15, 0.2) is 0 Å². The van der Waals surface area contributed by atoms with Crippen molar-refractivity contribution < 1.29 is 23.8 Å². The van der Waals surface area contributed by atoms with Crippen molar-refractivity contribution in [3.8, 4) is 5.75 Å². The van der Waals surface area contributed by atoms with Crippen LogP contribution in [-0.4, -0.2) is 23.3 Å². The number of rotatable bonds is 5. The molecule has 0 aromatic heterocycles. The molecule has 0 heterocycles. The maximum atomic E-state index is 11.9. The summed E-state index contributed by atoms with van der Waals surface area (Å²) in [7, 11) is 0. The summed E-state index contributed by atoms with van der Waals surface area (Å²) in [6.45, 7) is 15.1. The number of carbonyl (C=O) groups is 2. The molecule has 0 radical (unpaired) electrons. The molecule has 0 aliphatic heterocycles. The van der Waals surface area contributed by atoms with E-state index < -0.39 is 17.4 Å². The SMILES string of the molecule is CC(C)(C)OC(=O)CCC(C)(C)c1ccc(OC(=O)OC(C)(C)C)cc1. The van der Waals surface area contributed by atoms with E-state index in [1.165, 1.54) is 0 Å². The number of esters is 1. The highest BCUT2D eigenvalue weighted by Crippen LogP contribution is 2.30. The molecular formula is C21H32O5. The van der Waals surface area contributed by atoms with Crippen molar-refractivity contribution in [2.24, 2.45) is 0 Å². The number of ether oxygens (including phenoxy) is 3. The molecule has 0 spiro atoms. The normalized spacial score (nSPS) is 12.5. The lowest BCUT2D eigenvalue weighted by atomic mass is 9.80. The third-order valence-electron chi connectivity index (χ3n) is 3.60. The van der Waals surface area contributed by atoms with Gasteiger partial charge >= 0.3 is 12.1 Å².